The fraction of sp³-hybridized carbons (Fsp3) is 0.600. The number of nitrogens with zero attached hydrogens (tertiary/aromatic N) is 1. The van der Waals surface area contributed by atoms with Crippen LogP contribution in [0.5, 0.6) is 0 Å². The maximum atomic E-state index is 6.25. The molecule has 1 saturated heterocycles. The van der Waals surface area contributed by atoms with Gasteiger partial charge in [-0.3, -0.25) is 16.2 Å². The molecule has 0 radical (unpaired) electrons. The smallest absolute Gasteiger partial charge is 0.0438 e. The number of nitrogens with one attached hydrogen (secondary N) is 1. The van der Waals surface area contributed by atoms with Crippen molar-refractivity contribution < 1.29 is 0 Å². The van der Waals surface area contributed by atoms with Gasteiger partial charge in [-0.25, -0.2) is 0 Å². The van der Waals surface area contributed by atoms with Crippen molar-refractivity contribution in [1.82, 2.24) is 10.3 Å². The summed E-state index contributed by atoms with van der Waals surface area (Å²) in [5.41, 5.74) is 4.18. The molecule has 19 heavy (non-hydrogen) atoms. The second-order valence-corrected chi connectivity index (χ2v) is 6.27. The first-order valence-electron chi connectivity index (χ1n) is 7.00. The third-order valence-corrected chi connectivity index (χ3v) is 4.73. The van der Waals surface area contributed by atoms with Gasteiger partial charge in [-0.05, 0) is 57.8 Å². The van der Waals surface area contributed by atoms with Crippen molar-refractivity contribution in [3.05, 3.63) is 34.9 Å². The van der Waals surface area contributed by atoms with Crippen LogP contribution in [0.2, 0.25) is 5.02 Å². The number of rotatable bonds is 5. The Balaban J connectivity index is 2.13. The molecule has 1 aromatic carbocycles. The van der Waals surface area contributed by atoms with Crippen LogP contribution in [0.4, 0.5) is 0 Å². The van der Waals surface area contributed by atoms with Gasteiger partial charge in [-0.1, -0.05) is 29.8 Å². The first-order chi connectivity index (χ1) is 9.05. The van der Waals surface area contributed by atoms with E-state index >= 15 is 0 Å². The zero-order chi connectivity index (χ0) is 13.9. The van der Waals surface area contributed by atoms with E-state index in [0.29, 0.717) is 0 Å². The Hall–Kier alpha value is -0.610. The van der Waals surface area contributed by atoms with Crippen molar-refractivity contribution >= 4 is 11.6 Å². The summed E-state index contributed by atoms with van der Waals surface area (Å²) in [4.78, 5) is 2.52. The Morgan fingerprint density at radius 1 is 1.32 bits per heavy atom. The number of hydrogen-bond donors (Lipinski definition) is 2. The average molecular weight is 282 g/mol. The van der Waals surface area contributed by atoms with E-state index in [1.54, 1.807) is 0 Å². The van der Waals surface area contributed by atoms with E-state index in [2.05, 4.69) is 30.2 Å². The number of hydrogen-bond acceptors (Lipinski definition) is 3. The fourth-order valence-electron chi connectivity index (χ4n) is 2.91. The lowest BCUT2D eigenvalue weighted by Crippen LogP contribution is -2.59. The second kappa shape index (κ2) is 6.23. The third kappa shape index (κ3) is 3.29. The fourth-order valence-corrected chi connectivity index (χ4v) is 3.12. The topological polar surface area (TPSA) is 41.3 Å². The van der Waals surface area contributed by atoms with Crippen LogP contribution in [0.25, 0.3) is 0 Å². The summed E-state index contributed by atoms with van der Waals surface area (Å²) in [6, 6.07) is 8.19. The summed E-state index contributed by atoms with van der Waals surface area (Å²) < 4.78 is 0. The van der Waals surface area contributed by atoms with Gasteiger partial charge in [-0.15, -0.1) is 0 Å². The van der Waals surface area contributed by atoms with Crippen molar-refractivity contribution in [2.24, 2.45) is 5.84 Å². The highest BCUT2D eigenvalue weighted by atomic mass is 35.5. The Morgan fingerprint density at radius 3 is 2.53 bits per heavy atom. The van der Waals surface area contributed by atoms with Crippen LogP contribution >= 0.6 is 11.6 Å². The Kier molecular flexibility index (Phi) is 4.85. The molecule has 1 atom stereocenters. The molecule has 1 aliphatic heterocycles. The first-order valence-corrected chi connectivity index (χ1v) is 7.38. The van der Waals surface area contributed by atoms with Gasteiger partial charge in [-0.2, -0.15) is 0 Å². The number of hydrazine groups is 1. The monoisotopic (exact) mass is 281 g/mol. The highest BCUT2D eigenvalue weighted by Crippen LogP contribution is 2.27. The van der Waals surface area contributed by atoms with Crippen LogP contribution in [-0.4, -0.2) is 29.6 Å². The predicted molar refractivity (Wildman–Crippen MR) is 81.2 cm³/mol. The van der Waals surface area contributed by atoms with Gasteiger partial charge >= 0.3 is 0 Å². The van der Waals surface area contributed by atoms with E-state index in [9.17, 15) is 0 Å². The average Bonchev–Trinajstić information content (AvgIpc) is 2.92. The summed E-state index contributed by atoms with van der Waals surface area (Å²) >= 11 is 6.25. The zero-order valence-electron chi connectivity index (χ0n) is 11.8. The molecule has 1 fully saturated rings. The minimum atomic E-state index is 0.0322. The molecule has 1 unspecified atom stereocenters. The van der Waals surface area contributed by atoms with Crippen LogP contribution in [0.15, 0.2) is 24.3 Å². The minimum absolute atomic E-state index is 0.0322. The molecule has 0 aliphatic carbocycles. The maximum Gasteiger partial charge on any atom is 0.0438 e. The van der Waals surface area contributed by atoms with E-state index in [1.165, 1.54) is 12.8 Å². The van der Waals surface area contributed by atoms with Crippen LogP contribution in [-0.2, 0) is 6.42 Å². The highest BCUT2D eigenvalue weighted by Gasteiger charge is 2.36. The van der Waals surface area contributed by atoms with E-state index < -0.39 is 0 Å². The van der Waals surface area contributed by atoms with Gasteiger partial charge in [0.25, 0.3) is 0 Å². The van der Waals surface area contributed by atoms with Crippen molar-refractivity contribution in [1.29, 1.82) is 0 Å². The summed E-state index contributed by atoms with van der Waals surface area (Å²) in [6.45, 7) is 6.85. The molecule has 2 rings (SSSR count). The van der Waals surface area contributed by atoms with Crippen LogP contribution in [0.3, 0.4) is 0 Å². The van der Waals surface area contributed by atoms with E-state index in [4.69, 9.17) is 17.4 Å². The van der Waals surface area contributed by atoms with Gasteiger partial charge in [0.05, 0.1) is 0 Å². The molecule has 3 N–H and O–H groups in total. The zero-order valence-corrected chi connectivity index (χ0v) is 12.6. The number of likely N-dealkylation sites (tertiary alicyclic amines) is 1. The Bertz CT molecular complexity index is 414. The molecule has 0 bridgehead atoms. The predicted octanol–water partition coefficient (Wildman–Crippen LogP) is 2.59. The lowest BCUT2D eigenvalue weighted by molar-refractivity contribution is 0.106. The second-order valence-electron chi connectivity index (χ2n) is 5.86. The number of benzene rings is 1. The number of nitrogens with two attached hydrogens (primary N) is 1. The van der Waals surface area contributed by atoms with Crippen LogP contribution in [0.1, 0.15) is 32.3 Å². The van der Waals surface area contributed by atoms with Gasteiger partial charge in [0.15, 0.2) is 0 Å². The van der Waals surface area contributed by atoms with E-state index in [1.807, 2.05) is 18.2 Å². The lowest BCUT2D eigenvalue weighted by atomic mass is 9.88. The highest BCUT2D eigenvalue weighted by molar-refractivity contribution is 6.31. The largest absolute Gasteiger partial charge is 0.297 e. The maximum absolute atomic E-state index is 6.25. The summed E-state index contributed by atoms with van der Waals surface area (Å²) in [5.74, 6) is 5.80. The van der Waals surface area contributed by atoms with Crippen LogP contribution in [0, 0.1) is 0 Å². The molecule has 106 valence electrons. The molecular weight excluding hydrogens is 258 g/mol. The third-order valence-electron chi connectivity index (χ3n) is 4.36. The molecular formula is C15H24ClN3. The molecule has 0 spiro atoms. The summed E-state index contributed by atoms with van der Waals surface area (Å²) in [6.07, 6.45) is 3.42. The quantitative estimate of drug-likeness (QED) is 0.644. The van der Waals surface area contributed by atoms with Crippen LogP contribution < -0.4 is 11.3 Å². The first kappa shape index (κ1) is 14.8. The van der Waals surface area contributed by atoms with Crippen molar-refractivity contribution in [2.45, 2.75) is 44.7 Å². The molecule has 0 amide bonds. The van der Waals surface area contributed by atoms with Gasteiger partial charge < -0.3 is 0 Å². The molecule has 4 heteroatoms. The minimum Gasteiger partial charge on any atom is -0.297 e. The molecule has 1 aromatic rings. The van der Waals surface area contributed by atoms with Gasteiger partial charge in [0.2, 0.25) is 0 Å². The van der Waals surface area contributed by atoms with E-state index in [0.717, 1.165) is 30.1 Å². The molecule has 0 aromatic heterocycles. The van der Waals surface area contributed by atoms with Gasteiger partial charge in [0, 0.05) is 16.6 Å². The van der Waals surface area contributed by atoms with Crippen molar-refractivity contribution in [3.8, 4) is 0 Å². The lowest BCUT2D eigenvalue weighted by Gasteiger charge is -2.42. The van der Waals surface area contributed by atoms with E-state index in [-0.39, 0.29) is 11.6 Å². The summed E-state index contributed by atoms with van der Waals surface area (Å²) in [5, 5.41) is 0.819. The standard InChI is InChI=1S/C15H24ClN3/c1-15(2,19-9-5-6-10-19)14(18-17)11-12-7-3-4-8-13(12)16/h3-4,7-8,14,18H,5-6,9-11,17H2,1-2H3. The molecule has 1 heterocycles. The summed E-state index contributed by atoms with van der Waals surface area (Å²) in [7, 11) is 0. The Morgan fingerprint density at radius 2 is 1.95 bits per heavy atom. The SMILES string of the molecule is CC(C)(C(Cc1ccccc1Cl)NN)N1CCCC1. The molecule has 1 aliphatic rings. The van der Waals surface area contributed by atoms with Gasteiger partial charge in [0.1, 0.15) is 0 Å². The number of halogens is 1. The molecule has 3 nitrogen and oxygen atoms in total. The molecule has 0 saturated carbocycles. The normalized spacial score (nSPS) is 18.7. The van der Waals surface area contributed by atoms with Crippen molar-refractivity contribution in [2.75, 3.05) is 13.1 Å². The Labute approximate surface area is 121 Å². The van der Waals surface area contributed by atoms with Crippen molar-refractivity contribution in [3.63, 3.8) is 0 Å².